The Hall–Kier alpha value is -0.870. The number of rotatable bonds is 2. The molecular weight excluding hydrogens is 132 g/mol. The average Bonchev–Trinajstić information content (AvgIpc) is 2.36. The normalized spacial score (nSPS) is 16.7. The Morgan fingerprint density at radius 1 is 1.80 bits per heavy atom. The topological polar surface area (TPSA) is 72.3 Å². The van der Waals surface area contributed by atoms with Gasteiger partial charge in [-0.15, -0.1) is 0 Å². The van der Waals surface area contributed by atoms with E-state index in [2.05, 4.69) is 9.68 Å². The van der Waals surface area contributed by atoms with Crippen molar-refractivity contribution in [2.75, 3.05) is 0 Å². The second kappa shape index (κ2) is 2.81. The summed E-state index contributed by atoms with van der Waals surface area (Å²) in [4.78, 5) is 0. The lowest BCUT2D eigenvalue weighted by Gasteiger charge is -2.09. The van der Waals surface area contributed by atoms with Gasteiger partial charge in [-0.1, -0.05) is 5.16 Å². The third kappa shape index (κ3) is 1.34. The van der Waals surface area contributed by atoms with Crippen molar-refractivity contribution < 1.29 is 9.63 Å². The van der Waals surface area contributed by atoms with Crippen LogP contribution in [0, 0.1) is 0 Å². The zero-order valence-electron chi connectivity index (χ0n) is 5.69. The molecule has 0 aliphatic carbocycles. The Morgan fingerprint density at radius 2 is 2.50 bits per heavy atom. The summed E-state index contributed by atoms with van der Waals surface area (Å²) in [5.74, 6) is 0. The van der Waals surface area contributed by atoms with E-state index >= 15 is 0 Å². The highest BCUT2D eigenvalue weighted by Gasteiger charge is 2.13. The Bertz CT molecular complexity index is 184. The molecule has 2 atom stereocenters. The Morgan fingerprint density at radius 3 is 2.90 bits per heavy atom. The smallest absolute Gasteiger partial charge is 0.124 e. The van der Waals surface area contributed by atoms with Crippen molar-refractivity contribution in [3.63, 3.8) is 0 Å². The monoisotopic (exact) mass is 142 g/mol. The first-order valence-electron chi connectivity index (χ1n) is 3.05. The van der Waals surface area contributed by atoms with Crippen LogP contribution in [0.4, 0.5) is 0 Å². The Labute approximate surface area is 58.6 Å². The molecule has 0 saturated carbocycles. The van der Waals surface area contributed by atoms with Crippen LogP contribution in [0.15, 0.2) is 16.9 Å². The van der Waals surface area contributed by atoms with Crippen LogP contribution >= 0.6 is 0 Å². The minimum atomic E-state index is -0.593. The summed E-state index contributed by atoms with van der Waals surface area (Å²) in [5, 5.41) is 12.6. The van der Waals surface area contributed by atoms with E-state index in [1.165, 1.54) is 6.26 Å². The molecule has 0 amide bonds. The van der Waals surface area contributed by atoms with Gasteiger partial charge in [-0.3, -0.25) is 0 Å². The Balaban J connectivity index is 2.68. The summed E-state index contributed by atoms with van der Waals surface area (Å²) in [6, 6.07) is 1.19. The van der Waals surface area contributed by atoms with Crippen molar-refractivity contribution in [3.8, 4) is 0 Å². The Kier molecular flexibility index (Phi) is 2.03. The molecule has 1 rings (SSSR count). The number of aliphatic hydroxyl groups is 1. The van der Waals surface area contributed by atoms with Crippen LogP contribution in [0.5, 0.6) is 0 Å². The molecule has 0 saturated heterocycles. The predicted molar refractivity (Wildman–Crippen MR) is 35.1 cm³/mol. The largest absolute Gasteiger partial charge is 0.391 e. The molecule has 4 heteroatoms. The third-order valence-electron chi connectivity index (χ3n) is 1.32. The average molecular weight is 142 g/mol. The van der Waals surface area contributed by atoms with Crippen LogP contribution in [0.1, 0.15) is 18.7 Å². The van der Waals surface area contributed by atoms with Crippen LogP contribution in [0.25, 0.3) is 0 Å². The van der Waals surface area contributed by atoms with Crippen LogP contribution in [-0.2, 0) is 0 Å². The lowest BCUT2D eigenvalue weighted by atomic mass is 10.1. The molecular formula is C6H10N2O2. The highest BCUT2D eigenvalue weighted by atomic mass is 16.5. The van der Waals surface area contributed by atoms with E-state index in [1.54, 1.807) is 13.0 Å². The molecule has 3 N–H and O–H groups in total. The molecule has 0 aliphatic heterocycles. The summed E-state index contributed by atoms with van der Waals surface area (Å²) >= 11 is 0. The number of hydrogen-bond donors (Lipinski definition) is 2. The highest BCUT2D eigenvalue weighted by molar-refractivity contribution is 5.03. The molecule has 10 heavy (non-hydrogen) atoms. The second-order valence-electron chi connectivity index (χ2n) is 2.19. The fourth-order valence-corrected chi connectivity index (χ4v) is 0.641. The van der Waals surface area contributed by atoms with Gasteiger partial charge < -0.3 is 15.4 Å². The fraction of sp³-hybridized carbons (Fsp3) is 0.500. The number of nitrogens with zero attached hydrogens (tertiary/aromatic N) is 1. The molecule has 0 spiro atoms. The van der Waals surface area contributed by atoms with Crippen molar-refractivity contribution in [2.24, 2.45) is 5.73 Å². The van der Waals surface area contributed by atoms with Crippen molar-refractivity contribution in [3.05, 3.63) is 18.0 Å². The van der Waals surface area contributed by atoms with E-state index < -0.39 is 12.1 Å². The van der Waals surface area contributed by atoms with Gasteiger partial charge in [-0.05, 0) is 6.92 Å². The van der Waals surface area contributed by atoms with E-state index in [-0.39, 0.29) is 0 Å². The van der Waals surface area contributed by atoms with Gasteiger partial charge in [-0.2, -0.15) is 0 Å². The van der Waals surface area contributed by atoms with Gasteiger partial charge in [0.2, 0.25) is 0 Å². The van der Waals surface area contributed by atoms with Crippen LogP contribution in [0.3, 0.4) is 0 Å². The summed E-state index contributed by atoms with van der Waals surface area (Å²) < 4.78 is 4.54. The third-order valence-corrected chi connectivity index (χ3v) is 1.32. The number of aromatic nitrogens is 1. The maximum Gasteiger partial charge on any atom is 0.124 e. The highest BCUT2D eigenvalue weighted by Crippen LogP contribution is 2.10. The molecule has 56 valence electrons. The van der Waals surface area contributed by atoms with Gasteiger partial charge in [0.1, 0.15) is 12.0 Å². The van der Waals surface area contributed by atoms with Gasteiger partial charge in [0.05, 0.1) is 12.1 Å². The minimum Gasteiger partial charge on any atom is -0.391 e. The van der Waals surface area contributed by atoms with Crippen molar-refractivity contribution >= 4 is 0 Å². The van der Waals surface area contributed by atoms with E-state index in [9.17, 15) is 0 Å². The molecule has 1 aromatic rings. The molecule has 4 nitrogen and oxygen atoms in total. The molecule has 0 bridgehead atoms. The summed E-state index contributed by atoms with van der Waals surface area (Å²) in [6.07, 6.45) is 0.836. The number of aliphatic hydroxyl groups excluding tert-OH is 1. The SMILES string of the molecule is CC(O)C(N)c1ccon1. The second-order valence-corrected chi connectivity index (χ2v) is 2.19. The van der Waals surface area contributed by atoms with E-state index in [4.69, 9.17) is 10.8 Å². The first-order chi connectivity index (χ1) is 4.72. The first kappa shape index (κ1) is 7.24. The quantitative estimate of drug-likeness (QED) is 0.612. The molecule has 0 aliphatic rings. The summed E-state index contributed by atoms with van der Waals surface area (Å²) in [5.41, 5.74) is 6.09. The van der Waals surface area contributed by atoms with Gasteiger partial charge in [-0.25, -0.2) is 0 Å². The van der Waals surface area contributed by atoms with Gasteiger partial charge >= 0.3 is 0 Å². The first-order valence-corrected chi connectivity index (χ1v) is 3.05. The molecule has 0 aromatic carbocycles. The van der Waals surface area contributed by atoms with Crippen LogP contribution in [0.2, 0.25) is 0 Å². The zero-order valence-corrected chi connectivity index (χ0v) is 5.69. The molecule has 0 fully saturated rings. The van der Waals surface area contributed by atoms with E-state index in [0.717, 1.165) is 0 Å². The number of hydrogen-bond acceptors (Lipinski definition) is 4. The maximum atomic E-state index is 8.99. The summed E-state index contributed by atoms with van der Waals surface area (Å²) in [6.45, 7) is 1.61. The molecule has 1 aromatic heterocycles. The van der Waals surface area contributed by atoms with Gasteiger partial charge in [0.15, 0.2) is 0 Å². The van der Waals surface area contributed by atoms with Crippen molar-refractivity contribution in [1.82, 2.24) is 5.16 Å². The van der Waals surface area contributed by atoms with Crippen molar-refractivity contribution in [1.29, 1.82) is 0 Å². The van der Waals surface area contributed by atoms with E-state index in [0.29, 0.717) is 5.69 Å². The fourth-order valence-electron chi connectivity index (χ4n) is 0.641. The zero-order chi connectivity index (χ0) is 7.56. The van der Waals surface area contributed by atoms with Crippen LogP contribution < -0.4 is 5.73 Å². The van der Waals surface area contributed by atoms with Gasteiger partial charge in [0.25, 0.3) is 0 Å². The molecule has 0 radical (unpaired) electrons. The lowest BCUT2D eigenvalue weighted by Crippen LogP contribution is -2.23. The number of nitrogens with two attached hydrogens (primary N) is 1. The maximum absolute atomic E-state index is 8.99. The summed E-state index contributed by atoms with van der Waals surface area (Å²) in [7, 11) is 0. The van der Waals surface area contributed by atoms with Crippen molar-refractivity contribution in [2.45, 2.75) is 19.1 Å². The standard InChI is InChI=1S/C6H10N2O2/c1-4(9)6(7)5-2-3-10-8-5/h2-4,6,9H,7H2,1H3. The van der Waals surface area contributed by atoms with E-state index in [1.807, 2.05) is 0 Å². The van der Waals surface area contributed by atoms with Crippen LogP contribution in [-0.4, -0.2) is 16.4 Å². The predicted octanol–water partition coefficient (Wildman–Crippen LogP) is 0.0552. The molecule has 1 heterocycles. The molecule has 2 unspecified atom stereocenters. The van der Waals surface area contributed by atoms with Gasteiger partial charge in [0, 0.05) is 6.07 Å². The lowest BCUT2D eigenvalue weighted by molar-refractivity contribution is 0.160. The minimum absolute atomic E-state index is 0.446.